The zero-order valence-corrected chi connectivity index (χ0v) is 15.9. The van der Waals surface area contributed by atoms with E-state index in [1.165, 1.54) is 5.56 Å². The number of carbonyl (C=O) groups is 1. The summed E-state index contributed by atoms with van der Waals surface area (Å²) in [5.41, 5.74) is 3.23. The highest BCUT2D eigenvalue weighted by atomic mass is 16.5. The third-order valence-corrected chi connectivity index (χ3v) is 4.20. The molecule has 2 N–H and O–H groups in total. The van der Waals surface area contributed by atoms with Crippen LogP contribution in [0.1, 0.15) is 18.3 Å². The van der Waals surface area contributed by atoms with Gasteiger partial charge in [0.1, 0.15) is 0 Å². The molecule has 0 atom stereocenters. The van der Waals surface area contributed by atoms with Crippen LogP contribution in [0.5, 0.6) is 0 Å². The number of nitrogens with one attached hydrogen (secondary N) is 2. The molecule has 144 valence electrons. The molecule has 0 fully saturated rings. The molecule has 8 nitrogen and oxygen atoms in total. The van der Waals surface area contributed by atoms with Crippen LogP contribution in [0.3, 0.4) is 0 Å². The number of ether oxygens (including phenoxy) is 1. The second-order valence-corrected chi connectivity index (χ2v) is 6.54. The minimum Gasteiger partial charge on any atom is -0.450 e. The van der Waals surface area contributed by atoms with Crippen LogP contribution in [0.25, 0.3) is 22.4 Å². The molecule has 3 aromatic rings. The number of nitrogens with zero attached hydrogens (tertiary/aromatic N) is 3. The summed E-state index contributed by atoms with van der Waals surface area (Å²) in [4.78, 5) is 21.2. The van der Waals surface area contributed by atoms with E-state index in [1.54, 1.807) is 6.92 Å². The molecule has 1 aromatic carbocycles. The van der Waals surface area contributed by atoms with Gasteiger partial charge in [-0.05, 0) is 51.2 Å². The van der Waals surface area contributed by atoms with E-state index in [0.29, 0.717) is 31.3 Å². The standard InChI is InChI=1S/C19H25N5O3/c1-4-26-19(25)20-9-7-17-22-18(27-23-17)13-5-6-16-15(11-13)14(12-21-16)8-10-24(2)3/h5-6,11-12,21H,4,7-10H2,1-3H3,(H,20,25). The summed E-state index contributed by atoms with van der Waals surface area (Å²) in [7, 11) is 4.13. The van der Waals surface area contributed by atoms with E-state index in [0.717, 1.165) is 29.4 Å². The Balaban J connectivity index is 1.69. The molecule has 0 aliphatic rings. The Labute approximate surface area is 157 Å². The Morgan fingerprint density at radius 2 is 2.19 bits per heavy atom. The third kappa shape index (κ3) is 4.85. The smallest absolute Gasteiger partial charge is 0.407 e. The molecule has 27 heavy (non-hydrogen) atoms. The minimum atomic E-state index is -0.440. The number of rotatable bonds is 8. The number of likely N-dealkylation sites (N-methyl/N-ethyl adjacent to an activating group) is 1. The van der Waals surface area contributed by atoms with Crippen LogP contribution >= 0.6 is 0 Å². The first-order valence-corrected chi connectivity index (χ1v) is 9.05. The Morgan fingerprint density at radius 3 is 2.96 bits per heavy atom. The maximum Gasteiger partial charge on any atom is 0.407 e. The highest BCUT2D eigenvalue weighted by Gasteiger charge is 2.12. The summed E-state index contributed by atoms with van der Waals surface area (Å²) in [5.74, 6) is 1.02. The van der Waals surface area contributed by atoms with Gasteiger partial charge in [0.15, 0.2) is 5.82 Å². The van der Waals surface area contributed by atoms with Crippen molar-refractivity contribution in [2.24, 2.45) is 0 Å². The van der Waals surface area contributed by atoms with E-state index in [-0.39, 0.29) is 0 Å². The first-order chi connectivity index (χ1) is 13.1. The lowest BCUT2D eigenvalue weighted by atomic mass is 10.1. The second-order valence-electron chi connectivity index (χ2n) is 6.54. The van der Waals surface area contributed by atoms with Crippen LogP contribution in [0.4, 0.5) is 4.79 Å². The SMILES string of the molecule is CCOC(=O)NCCc1noc(-c2ccc3[nH]cc(CCN(C)C)c3c2)n1. The number of alkyl carbamates (subject to hydrolysis) is 1. The van der Waals surface area contributed by atoms with Gasteiger partial charge in [-0.25, -0.2) is 4.79 Å². The largest absolute Gasteiger partial charge is 0.450 e. The first-order valence-electron chi connectivity index (χ1n) is 9.05. The minimum absolute atomic E-state index is 0.344. The fraction of sp³-hybridized carbons (Fsp3) is 0.421. The fourth-order valence-electron chi connectivity index (χ4n) is 2.79. The number of aromatic amines is 1. The van der Waals surface area contributed by atoms with Crippen molar-refractivity contribution in [1.82, 2.24) is 25.3 Å². The maximum absolute atomic E-state index is 11.3. The molecule has 8 heteroatoms. The normalized spacial score (nSPS) is 11.3. The van der Waals surface area contributed by atoms with Crippen molar-refractivity contribution in [1.29, 1.82) is 0 Å². The van der Waals surface area contributed by atoms with Gasteiger partial charge < -0.3 is 24.5 Å². The summed E-state index contributed by atoms with van der Waals surface area (Å²) < 4.78 is 10.2. The molecule has 1 amide bonds. The number of aromatic nitrogens is 3. The number of benzene rings is 1. The van der Waals surface area contributed by atoms with E-state index >= 15 is 0 Å². The van der Waals surface area contributed by atoms with Crippen LogP contribution in [-0.2, 0) is 17.6 Å². The summed E-state index contributed by atoms with van der Waals surface area (Å²) >= 11 is 0. The topological polar surface area (TPSA) is 96.3 Å². The van der Waals surface area contributed by atoms with Gasteiger partial charge in [-0.3, -0.25) is 0 Å². The average molecular weight is 371 g/mol. The number of H-pyrrole nitrogens is 1. The van der Waals surface area contributed by atoms with Gasteiger partial charge >= 0.3 is 6.09 Å². The molecule has 0 aliphatic heterocycles. The molecule has 0 unspecified atom stereocenters. The summed E-state index contributed by atoms with van der Waals surface area (Å²) in [6, 6.07) is 6.06. The highest BCUT2D eigenvalue weighted by Crippen LogP contribution is 2.26. The highest BCUT2D eigenvalue weighted by molar-refractivity contribution is 5.87. The quantitative estimate of drug-likeness (QED) is 0.632. The first kappa shape index (κ1) is 18.9. The van der Waals surface area contributed by atoms with Crippen molar-refractivity contribution in [2.75, 3.05) is 33.8 Å². The van der Waals surface area contributed by atoms with E-state index in [4.69, 9.17) is 9.26 Å². The summed E-state index contributed by atoms with van der Waals surface area (Å²) in [6.45, 7) is 3.48. The zero-order valence-electron chi connectivity index (χ0n) is 15.9. The van der Waals surface area contributed by atoms with Crippen molar-refractivity contribution < 1.29 is 14.1 Å². The van der Waals surface area contributed by atoms with Gasteiger partial charge in [0.2, 0.25) is 0 Å². The van der Waals surface area contributed by atoms with E-state index in [9.17, 15) is 4.79 Å². The molecule has 3 rings (SSSR count). The average Bonchev–Trinajstić information content (AvgIpc) is 3.26. The van der Waals surface area contributed by atoms with Gasteiger partial charge in [-0.15, -0.1) is 0 Å². The number of hydrogen-bond acceptors (Lipinski definition) is 6. The number of fused-ring (bicyclic) bond motifs is 1. The van der Waals surface area contributed by atoms with Crippen LogP contribution in [0, 0.1) is 0 Å². The predicted molar refractivity (Wildman–Crippen MR) is 103 cm³/mol. The molecule has 0 bridgehead atoms. The Morgan fingerprint density at radius 1 is 1.33 bits per heavy atom. The van der Waals surface area contributed by atoms with Crippen molar-refractivity contribution in [2.45, 2.75) is 19.8 Å². The van der Waals surface area contributed by atoms with Gasteiger partial charge in [0.25, 0.3) is 5.89 Å². The lowest BCUT2D eigenvalue weighted by Gasteiger charge is -2.08. The Hall–Kier alpha value is -2.87. The van der Waals surface area contributed by atoms with Crippen LogP contribution in [0.15, 0.2) is 28.9 Å². The molecular formula is C19H25N5O3. The maximum atomic E-state index is 11.3. The van der Waals surface area contributed by atoms with Crippen molar-refractivity contribution in [3.8, 4) is 11.5 Å². The predicted octanol–water partition coefficient (Wildman–Crippen LogP) is 2.61. The summed E-state index contributed by atoms with van der Waals surface area (Å²) in [5, 5.41) is 7.80. The molecule has 0 saturated heterocycles. The van der Waals surface area contributed by atoms with Crippen molar-refractivity contribution in [3.63, 3.8) is 0 Å². The van der Waals surface area contributed by atoms with Gasteiger partial charge in [0, 0.05) is 42.2 Å². The monoisotopic (exact) mass is 371 g/mol. The molecule has 2 aromatic heterocycles. The van der Waals surface area contributed by atoms with Gasteiger partial charge in [-0.2, -0.15) is 4.98 Å². The molecule has 0 radical (unpaired) electrons. The zero-order chi connectivity index (χ0) is 19.2. The lowest BCUT2D eigenvalue weighted by Crippen LogP contribution is -2.26. The summed E-state index contributed by atoms with van der Waals surface area (Å²) in [6.07, 6.45) is 3.05. The Bertz CT molecular complexity index is 900. The molecule has 0 saturated carbocycles. The third-order valence-electron chi connectivity index (χ3n) is 4.20. The number of hydrogen-bond donors (Lipinski definition) is 2. The molecule has 0 spiro atoms. The lowest BCUT2D eigenvalue weighted by molar-refractivity contribution is 0.152. The van der Waals surface area contributed by atoms with E-state index in [2.05, 4.69) is 51.7 Å². The molecule has 2 heterocycles. The van der Waals surface area contributed by atoms with Crippen molar-refractivity contribution >= 4 is 17.0 Å². The van der Waals surface area contributed by atoms with Crippen LogP contribution in [-0.4, -0.2) is 59.9 Å². The van der Waals surface area contributed by atoms with Crippen molar-refractivity contribution in [3.05, 3.63) is 35.8 Å². The van der Waals surface area contributed by atoms with Gasteiger partial charge in [0.05, 0.1) is 6.61 Å². The molecular weight excluding hydrogens is 346 g/mol. The van der Waals surface area contributed by atoms with Crippen LogP contribution < -0.4 is 5.32 Å². The number of carbonyl (C=O) groups excluding carboxylic acids is 1. The van der Waals surface area contributed by atoms with Gasteiger partial charge in [-0.1, -0.05) is 5.16 Å². The fourth-order valence-corrected chi connectivity index (χ4v) is 2.79. The van der Waals surface area contributed by atoms with E-state index < -0.39 is 6.09 Å². The Kier molecular flexibility index (Phi) is 6.08. The molecule has 0 aliphatic carbocycles. The number of amides is 1. The van der Waals surface area contributed by atoms with E-state index in [1.807, 2.05) is 12.1 Å². The second kappa shape index (κ2) is 8.68. The van der Waals surface area contributed by atoms with Crippen LogP contribution in [0.2, 0.25) is 0 Å².